The van der Waals surface area contributed by atoms with Crippen LogP contribution in [0.2, 0.25) is 0 Å². The van der Waals surface area contributed by atoms with E-state index in [1.807, 2.05) is 30.3 Å². The first-order valence-electron chi connectivity index (χ1n) is 8.25. The largest absolute Gasteiger partial charge is 0.319 e. The molecule has 23 heavy (non-hydrogen) atoms. The van der Waals surface area contributed by atoms with E-state index in [2.05, 4.69) is 5.32 Å². The third-order valence-corrected chi connectivity index (χ3v) is 4.49. The molecule has 1 aliphatic rings. The minimum Gasteiger partial charge on any atom is -0.319 e. The number of benzene rings is 2. The van der Waals surface area contributed by atoms with Crippen molar-refractivity contribution in [2.75, 3.05) is 5.32 Å². The number of anilines is 1. The lowest BCUT2D eigenvalue weighted by Gasteiger charge is -2.21. The van der Waals surface area contributed by atoms with E-state index >= 15 is 0 Å². The molecule has 3 nitrogen and oxygen atoms in total. The molecule has 1 amide bonds. The van der Waals surface area contributed by atoms with Crippen LogP contribution in [0.5, 0.6) is 0 Å². The van der Waals surface area contributed by atoms with Gasteiger partial charge in [-0.2, -0.15) is 0 Å². The van der Waals surface area contributed by atoms with Crippen LogP contribution in [0.25, 0.3) is 0 Å². The van der Waals surface area contributed by atoms with Crippen molar-refractivity contribution in [3.8, 4) is 0 Å². The first kappa shape index (κ1) is 15.5. The Morgan fingerprint density at radius 2 is 1.48 bits per heavy atom. The predicted molar refractivity (Wildman–Crippen MR) is 91.7 cm³/mol. The highest BCUT2D eigenvalue weighted by molar-refractivity contribution is 6.46. The molecule has 118 valence electrons. The van der Waals surface area contributed by atoms with Crippen LogP contribution in [0.1, 0.15) is 53.9 Å². The van der Waals surface area contributed by atoms with Gasteiger partial charge in [0, 0.05) is 11.3 Å². The van der Waals surface area contributed by atoms with E-state index in [1.165, 1.54) is 37.7 Å². The summed E-state index contributed by atoms with van der Waals surface area (Å²) < 4.78 is 0. The molecule has 2 aromatic carbocycles. The molecule has 0 aliphatic heterocycles. The van der Waals surface area contributed by atoms with E-state index in [4.69, 9.17) is 0 Å². The number of amides is 1. The maximum absolute atomic E-state index is 12.2. The van der Waals surface area contributed by atoms with Crippen molar-refractivity contribution < 1.29 is 9.59 Å². The number of Topliss-reactive ketones (excluding diaryl/α,β-unsaturated/α-hetero) is 1. The molecule has 3 rings (SSSR count). The molecule has 0 heterocycles. The number of nitrogens with one attached hydrogen (secondary N) is 1. The molecule has 0 saturated heterocycles. The second-order valence-electron chi connectivity index (χ2n) is 6.11. The Labute approximate surface area is 136 Å². The highest BCUT2D eigenvalue weighted by Gasteiger charge is 2.18. The molecule has 1 fully saturated rings. The normalized spacial score (nSPS) is 15.1. The molecule has 1 aliphatic carbocycles. The maximum atomic E-state index is 12.2. The second-order valence-corrected chi connectivity index (χ2v) is 6.11. The number of ketones is 1. The lowest BCUT2D eigenvalue weighted by atomic mass is 9.84. The van der Waals surface area contributed by atoms with Crippen molar-refractivity contribution in [2.24, 2.45) is 0 Å². The zero-order chi connectivity index (χ0) is 16.1. The number of carbonyl (C=O) groups excluding carboxylic acids is 2. The molecular formula is C20H21NO2. The van der Waals surface area contributed by atoms with Crippen molar-refractivity contribution in [2.45, 2.75) is 38.0 Å². The van der Waals surface area contributed by atoms with Gasteiger partial charge in [-0.3, -0.25) is 9.59 Å². The molecule has 0 spiro atoms. The Balaban J connectivity index is 1.66. The molecule has 2 aromatic rings. The zero-order valence-electron chi connectivity index (χ0n) is 13.1. The smallest absolute Gasteiger partial charge is 0.296 e. The summed E-state index contributed by atoms with van der Waals surface area (Å²) in [5.74, 6) is -0.489. The first-order chi connectivity index (χ1) is 11.2. The van der Waals surface area contributed by atoms with Crippen LogP contribution in [0.15, 0.2) is 54.6 Å². The van der Waals surface area contributed by atoms with Crippen molar-refractivity contribution in [3.05, 3.63) is 65.7 Å². The van der Waals surface area contributed by atoms with E-state index in [-0.39, 0.29) is 0 Å². The number of hydrogen-bond acceptors (Lipinski definition) is 2. The van der Waals surface area contributed by atoms with E-state index in [0.717, 1.165) is 0 Å². The van der Waals surface area contributed by atoms with Gasteiger partial charge in [-0.1, -0.05) is 61.7 Å². The summed E-state index contributed by atoms with van der Waals surface area (Å²) in [6.45, 7) is 0. The van der Waals surface area contributed by atoms with Crippen molar-refractivity contribution in [3.63, 3.8) is 0 Å². The van der Waals surface area contributed by atoms with Gasteiger partial charge >= 0.3 is 0 Å². The third kappa shape index (κ3) is 3.86. The van der Waals surface area contributed by atoms with Gasteiger partial charge in [0.05, 0.1) is 0 Å². The van der Waals surface area contributed by atoms with Gasteiger partial charge in [0.1, 0.15) is 0 Å². The summed E-state index contributed by atoms with van der Waals surface area (Å²) >= 11 is 0. The van der Waals surface area contributed by atoms with Gasteiger partial charge in [0.15, 0.2) is 0 Å². The van der Waals surface area contributed by atoms with Gasteiger partial charge in [-0.15, -0.1) is 0 Å². The fourth-order valence-corrected chi connectivity index (χ4v) is 3.18. The Morgan fingerprint density at radius 1 is 0.826 bits per heavy atom. The molecule has 0 atom stereocenters. The van der Waals surface area contributed by atoms with E-state index in [0.29, 0.717) is 17.2 Å². The SMILES string of the molecule is O=C(Nc1ccccc1)C(=O)c1ccc(C2CCCCC2)cc1. The summed E-state index contributed by atoms with van der Waals surface area (Å²) in [6.07, 6.45) is 6.34. The van der Waals surface area contributed by atoms with Crippen molar-refractivity contribution in [1.82, 2.24) is 0 Å². The molecule has 0 aromatic heterocycles. The first-order valence-corrected chi connectivity index (χ1v) is 8.25. The Bertz CT molecular complexity index is 671. The lowest BCUT2D eigenvalue weighted by molar-refractivity contribution is -0.112. The Hall–Kier alpha value is -2.42. The van der Waals surface area contributed by atoms with Gasteiger partial charge < -0.3 is 5.32 Å². The topological polar surface area (TPSA) is 46.2 Å². The Kier molecular flexibility index (Phi) is 4.86. The van der Waals surface area contributed by atoms with Gasteiger partial charge in [-0.25, -0.2) is 0 Å². The van der Waals surface area contributed by atoms with E-state index in [1.54, 1.807) is 24.3 Å². The van der Waals surface area contributed by atoms with Crippen LogP contribution in [-0.4, -0.2) is 11.7 Å². The molecule has 1 N–H and O–H groups in total. The number of carbonyl (C=O) groups is 2. The monoisotopic (exact) mass is 307 g/mol. The molecule has 0 radical (unpaired) electrons. The summed E-state index contributed by atoms with van der Waals surface area (Å²) in [5.41, 5.74) is 2.35. The third-order valence-electron chi connectivity index (χ3n) is 4.49. The fourth-order valence-electron chi connectivity index (χ4n) is 3.18. The molecule has 3 heteroatoms. The summed E-state index contributed by atoms with van der Waals surface area (Å²) in [7, 11) is 0. The van der Waals surface area contributed by atoms with Crippen LogP contribution < -0.4 is 5.32 Å². The van der Waals surface area contributed by atoms with E-state index in [9.17, 15) is 9.59 Å². The van der Waals surface area contributed by atoms with Gasteiger partial charge in [0.25, 0.3) is 11.7 Å². The predicted octanol–water partition coefficient (Wildman–Crippen LogP) is 4.56. The van der Waals surface area contributed by atoms with Gasteiger partial charge in [0.2, 0.25) is 0 Å². The molecular weight excluding hydrogens is 286 g/mol. The highest BCUT2D eigenvalue weighted by atomic mass is 16.2. The van der Waals surface area contributed by atoms with Crippen LogP contribution in [-0.2, 0) is 4.79 Å². The lowest BCUT2D eigenvalue weighted by Crippen LogP contribution is -2.22. The van der Waals surface area contributed by atoms with E-state index < -0.39 is 11.7 Å². The van der Waals surface area contributed by atoms with Crippen molar-refractivity contribution >= 4 is 17.4 Å². The summed E-state index contributed by atoms with van der Waals surface area (Å²) in [5, 5.41) is 2.63. The highest BCUT2D eigenvalue weighted by Crippen LogP contribution is 2.32. The van der Waals surface area contributed by atoms with Crippen molar-refractivity contribution in [1.29, 1.82) is 0 Å². The maximum Gasteiger partial charge on any atom is 0.296 e. The quantitative estimate of drug-likeness (QED) is 0.665. The van der Waals surface area contributed by atoms with Gasteiger partial charge in [-0.05, 0) is 36.5 Å². The number of rotatable bonds is 4. The van der Waals surface area contributed by atoms with Crippen LogP contribution in [0.4, 0.5) is 5.69 Å². The Morgan fingerprint density at radius 3 is 2.13 bits per heavy atom. The number of hydrogen-bond donors (Lipinski definition) is 1. The molecule has 0 bridgehead atoms. The average molecular weight is 307 g/mol. The second kappa shape index (κ2) is 7.23. The summed E-state index contributed by atoms with van der Waals surface area (Å²) in [6, 6.07) is 16.6. The number of para-hydroxylation sites is 1. The standard InChI is InChI=1S/C20H21NO2/c22-19(20(23)21-18-9-5-2-6-10-18)17-13-11-16(12-14-17)15-7-3-1-4-8-15/h2,5-6,9-15H,1,3-4,7-8H2,(H,21,23). The van der Waals surface area contributed by atoms with Crippen LogP contribution in [0.3, 0.4) is 0 Å². The average Bonchev–Trinajstić information content (AvgIpc) is 2.63. The fraction of sp³-hybridized carbons (Fsp3) is 0.300. The zero-order valence-corrected chi connectivity index (χ0v) is 13.1. The molecule has 0 unspecified atom stereocenters. The summed E-state index contributed by atoms with van der Waals surface area (Å²) in [4.78, 5) is 24.3. The van der Waals surface area contributed by atoms with Crippen LogP contribution >= 0.6 is 0 Å². The minimum absolute atomic E-state index is 0.443. The van der Waals surface area contributed by atoms with Crippen LogP contribution in [0, 0.1) is 0 Å². The molecule has 1 saturated carbocycles. The minimum atomic E-state index is -0.596.